The Morgan fingerprint density at radius 1 is 1.09 bits per heavy atom. The topological polar surface area (TPSA) is 67.3 Å². The van der Waals surface area contributed by atoms with Crippen molar-refractivity contribution in [2.75, 3.05) is 13.3 Å². The van der Waals surface area contributed by atoms with Crippen molar-refractivity contribution in [2.24, 2.45) is 0 Å². The van der Waals surface area contributed by atoms with Crippen molar-refractivity contribution in [1.82, 2.24) is 9.88 Å². The number of rotatable bonds is 4. The number of hydrogen-bond acceptors (Lipinski definition) is 4. The van der Waals surface area contributed by atoms with Gasteiger partial charge in [0.25, 0.3) is 5.91 Å². The Hall–Kier alpha value is -2.21. The molecule has 2 rings (SSSR count). The number of amides is 1. The zero-order chi connectivity index (χ0) is 16.3. The number of sulfone groups is 1. The zero-order valence-electron chi connectivity index (χ0n) is 12.7. The van der Waals surface area contributed by atoms with Gasteiger partial charge in [0, 0.05) is 31.3 Å². The minimum Gasteiger partial charge on any atom is -0.335 e. The molecule has 0 N–H and O–H groups in total. The summed E-state index contributed by atoms with van der Waals surface area (Å²) >= 11 is 0. The molecular formula is C16H18N2O3S. The van der Waals surface area contributed by atoms with Crippen LogP contribution in [-0.4, -0.2) is 37.5 Å². The average Bonchev–Trinajstić information content (AvgIpc) is 2.53. The molecule has 1 unspecified atom stereocenters. The van der Waals surface area contributed by atoms with Crippen molar-refractivity contribution in [1.29, 1.82) is 0 Å². The molecule has 0 saturated carbocycles. The van der Waals surface area contributed by atoms with Gasteiger partial charge in [0.2, 0.25) is 0 Å². The van der Waals surface area contributed by atoms with E-state index in [1.54, 1.807) is 60.7 Å². The van der Waals surface area contributed by atoms with Crippen LogP contribution in [0.3, 0.4) is 0 Å². The van der Waals surface area contributed by atoms with E-state index in [1.165, 1.54) is 6.26 Å². The standard InChI is InChI=1S/C16H18N2O3S/c1-12(13-4-6-15(7-5-13)22(3,20)21)18(2)16(19)14-8-10-17-11-9-14/h4-12H,1-3H3. The van der Waals surface area contributed by atoms with Crippen molar-refractivity contribution in [2.45, 2.75) is 17.9 Å². The Labute approximate surface area is 130 Å². The summed E-state index contributed by atoms with van der Waals surface area (Å²) in [5.41, 5.74) is 1.44. The molecule has 1 heterocycles. The number of carbonyl (C=O) groups excluding carboxylic acids is 1. The van der Waals surface area contributed by atoms with Crippen molar-refractivity contribution < 1.29 is 13.2 Å². The first-order valence-corrected chi connectivity index (χ1v) is 8.67. The van der Waals surface area contributed by atoms with E-state index in [4.69, 9.17) is 0 Å². The maximum absolute atomic E-state index is 12.4. The third kappa shape index (κ3) is 3.51. The third-order valence-corrected chi connectivity index (χ3v) is 4.75. The lowest BCUT2D eigenvalue weighted by Gasteiger charge is -2.25. The molecule has 22 heavy (non-hydrogen) atoms. The van der Waals surface area contributed by atoms with Gasteiger partial charge in [-0.1, -0.05) is 12.1 Å². The van der Waals surface area contributed by atoms with Crippen LogP contribution in [0.2, 0.25) is 0 Å². The first-order valence-electron chi connectivity index (χ1n) is 6.78. The van der Waals surface area contributed by atoms with Crippen LogP contribution in [0, 0.1) is 0 Å². The van der Waals surface area contributed by atoms with Gasteiger partial charge in [0.05, 0.1) is 10.9 Å². The molecule has 1 amide bonds. The van der Waals surface area contributed by atoms with Crippen LogP contribution in [-0.2, 0) is 9.84 Å². The second-order valence-electron chi connectivity index (χ2n) is 5.17. The highest BCUT2D eigenvalue weighted by molar-refractivity contribution is 7.90. The lowest BCUT2D eigenvalue weighted by molar-refractivity contribution is 0.0742. The molecule has 116 valence electrons. The van der Waals surface area contributed by atoms with Crippen LogP contribution in [0.5, 0.6) is 0 Å². The van der Waals surface area contributed by atoms with Crippen LogP contribution >= 0.6 is 0 Å². The Kier molecular flexibility index (Phi) is 4.61. The number of pyridine rings is 1. The fourth-order valence-electron chi connectivity index (χ4n) is 2.09. The van der Waals surface area contributed by atoms with Gasteiger partial charge in [-0.15, -0.1) is 0 Å². The Morgan fingerprint density at radius 2 is 1.64 bits per heavy atom. The fourth-order valence-corrected chi connectivity index (χ4v) is 2.72. The van der Waals surface area contributed by atoms with Crippen molar-refractivity contribution in [3.63, 3.8) is 0 Å². The van der Waals surface area contributed by atoms with Crippen molar-refractivity contribution in [3.8, 4) is 0 Å². The monoisotopic (exact) mass is 318 g/mol. The van der Waals surface area contributed by atoms with Gasteiger partial charge >= 0.3 is 0 Å². The lowest BCUT2D eigenvalue weighted by atomic mass is 10.1. The summed E-state index contributed by atoms with van der Waals surface area (Å²) < 4.78 is 22.9. The summed E-state index contributed by atoms with van der Waals surface area (Å²) in [5, 5.41) is 0. The number of nitrogens with zero attached hydrogens (tertiary/aromatic N) is 2. The highest BCUT2D eigenvalue weighted by Crippen LogP contribution is 2.22. The zero-order valence-corrected chi connectivity index (χ0v) is 13.5. The molecule has 0 aliphatic carbocycles. The molecule has 1 aromatic carbocycles. The summed E-state index contributed by atoms with van der Waals surface area (Å²) in [6.45, 7) is 1.90. The average molecular weight is 318 g/mol. The van der Waals surface area contributed by atoms with Crippen LogP contribution < -0.4 is 0 Å². The summed E-state index contributed by atoms with van der Waals surface area (Å²) in [6, 6.07) is 9.75. The fraction of sp³-hybridized carbons (Fsp3) is 0.250. The second kappa shape index (κ2) is 6.27. The molecule has 1 atom stereocenters. The molecule has 0 saturated heterocycles. The number of aromatic nitrogens is 1. The quantitative estimate of drug-likeness (QED) is 0.867. The molecule has 0 aliphatic rings. The summed E-state index contributed by atoms with van der Waals surface area (Å²) in [4.78, 5) is 18.2. The minimum absolute atomic E-state index is 0.109. The molecule has 0 spiro atoms. The summed E-state index contributed by atoms with van der Waals surface area (Å²) in [5.74, 6) is -0.109. The van der Waals surface area contributed by atoms with E-state index in [2.05, 4.69) is 4.98 Å². The van der Waals surface area contributed by atoms with Gasteiger partial charge in [-0.25, -0.2) is 8.42 Å². The number of benzene rings is 1. The Bertz CT molecular complexity index is 756. The first kappa shape index (κ1) is 16.2. The second-order valence-corrected chi connectivity index (χ2v) is 7.18. The molecule has 2 aromatic rings. The maximum atomic E-state index is 12.4. The van der Waals surface area contributed by atoms with Crippen molar-refractivity contribution in [3.05, 3.63) is 59.9 Å². The SMILES string of the molecule is CC(c1ccc(S(C)(=O)=O)cc1)N(C)C(=O)c1ccncc1. The van der Waals surface area contributed by atoms with Crippen LogP contribution in [0.25, 0.3) is 0 Å². The predicted octanol–water partition coefficient (Wildman–Crippen LogP) is 2.32. The summed E-state index contributed by atoms with van der Waals surface area (Å²) in [7, 11) is -1.49. The van der Waals surface area contributed by atoms with Gasteiger partial charge < -0.3 is 4.90 Å². The molecule has 1 aromatic heterocycles. The van der Waals surface area contributed by atoms with Crippen LogP contribution in [0.15, 0.2) is 53.7 Å². The third-order valence-electron chi connectivity index (χ3n) is 3.62. The smallest absolute Gasteiger partial charge is 0.254 e. The van der Waals surface area contributed by atoms with Crippen LogP contribution in [0.4, 0.5) is 0 Å². The van der Waals surface area contributed by atoms with E-state index in [1.807, 2.05) is 6.92 Å². The molecular weight excluding hydrogens is 300 g/mol. The minimum atomic E-state index is -3.21. The van der Waals surface area contributed by atoms with E-state index in [0.717, 1.165) is 5.56 Å². The molecule has 5 nitrogen and oxygen atoms in total. The van der Waals surface area contributed by atoms with Gasteiger partial charge in [0.15, 0.2) is 9.84 Å². The molecule has 0 fully saturated rings. The lowest BCUT2D eigenvalue weighted by Crippen LogP contribution is -2.29. The predicted molar refractivity (Wildman–Crippen MR) is 84.3 cm³/mol. The van der Waals surface area contributed by atoms with E-state index in [9.17, 15) is 13.2 Å². The maximum Gasteiger partial charge on any atom is 0.254 e. The largest absolute Gasteiger partial charge is 0.335 e. The van der Waals surface area contributed by atoms with Crippen molar-refractivity contribution >= 4 is 15.7 Å². The van der Waals surface area contributed by atoms with Gasteiger partial charge in [0.1, 0.15) is 0 Å². The van der Waals surface area contributed by atoms with Gasteiger partial charge in [-0.05, 0) is 36.8 Å². The summed E-state index contributed by atoms with van der Waals surface area (Å²) in [6.07, 6.45) is 4.32. The number of hydrogen-bond donors (Lipinski definition) is 0. The van der Waals surface area contributed by atoms with E-state index >= 15 is 0 Å². The molecule has 0 bridgehead atoms. The van der Waals surface area contributed by atoms with E-state index in [0.29, 0.717) is 5.56 Å². The van der Waals surface area contributed by atoms with E-state index < -0.39 is 9.84 Å². The molecule has 0 radical (unpaired) electrons. The van der Waals surface area contributed by atoms with E-state index in [-0.39, 0.29) is 16.8 Å². The highest BCUT2D eigenvalue weighted by Gasteiger charge is 2.19. The van der Waals surface area contributed by atoms with Gasteiger partial charge in [-0.3, -0.25) is 9.78 Å². The Balaban J connectivity index is 2.20. The molecule has 6 heteroatoms. The molecule has 0 aliphatic heterocycles. The van der Waals surface area contributed by atoms with Crippen LogP contribution in [0.1, 0.15) is 28.9 Å². The number of carbonyl (C=O) groups is 1. The highest BCUT2D eigenvalue weighted by atomic mass is 32.2. The Morgan fingerprint density at radius 3 is 2.14 bits per heavy atom. The first-order chi connectivity index (χ1) is 10.3. The van der Waals surface area contributed by atoms with Gasteiger partial charge in [-0.2, -0.15) is 0 Å². The normalized spacial score (nSPS) is 12.7.